The number of amides is 1. The maximum atomic E-state index is 11.6. The van der Waals surface area contributed by atoms with Crippen LogP contribution in [0.1, 0.15) is 33.6 Å². The minimum absolute atomic E-state index is 0.309. The molecule has 1 fully saturated rings. The number of hydrogen-bond donors (Lipinski definition) is 0. The average Bonchev–Trinajstić information content (AvgIpc) is 2.35. The summed E-state index contributed by atoms with van der Waals surface area (Å²) in [5.74, 6) is -0.309. The molecule has 7 heteroatoms. The van der Waals surface area contributed by atoms with Gasteiger partial charge in [-0.15, -0.1) is 10.1 Å². The van der Waals surface area contributed by atoms with Crippen molar-refractivity contribution in [1.29, 1.82) is 0 Å². The van der Waals surface area contributed by atoms with Gasteiger partial charge in [0, 0.05) is 26.2 Å². The second-order valence-corrected chi connectivity index (χ2v) is 6.38. The van der Waals surface area contributed by atoms with Gasteiger partial charge in [0.15, 0.2) is 6.61 Å². The molecule has 1 amide bonds. The van der Waals surface area contributed by atoms with Crippen molar-refractivity contribution in [3.63, 3.8) is 0 Å². The fourth-order valence-corrected chi connectivity index (χ4v) is 2.25. The van der Waals surface area contributed by atoms with Crippen LogP contribution in [0, 0.1) is 15.5 Å². The molecule has 7 nitrogen and oxygen atoms in total. The van der Waals surface area contributed by atoms with Crippen LogP contribution in [-0.4, -0.2) is 60.1 Å². The molecule has 1 aliphatic rings. The minimum Gasteiger partial charge on any atom is -0.338 e. The molecule has 0 atom stereocenters. The first-order valence-electron chi connectivity index (χ1n) is 7.05. The Morgan fingerprint density at radius 3 is 2.35 bits per heavy atom. The average molecular weight is 287 g/mol. The third-order valence-electron chi connectivity index (χ3n) is 3.42. The van der Waals surface area contributed by atoms with Crippen molar-refractivity contribution in [3.05, 3.63) is 10.1 Å². The molecule has 0 aromatic rings. The lowest BCUT2D eigenvalue weighted by molar-refractivity contribution is -0.754. The van der Waals surface area contributed by atoms with Crippen molar-refractivity contribution in [2.45, 2.75) is 33.6 Å². The van der Waals surface area contributed by atoms with Crippen LogP contribution in [0.2, 0.25) is 0 Å². The molecule has 116 valence electrons. The fourth-order valence-electron chi connectivity index (χ4n) is 2.25. The van der Waals surface area contributed by atoms with Crippen LogP contribution < -0.4 is 0 Å². The maximum absolute atomic E-state index is 11.6. The number of carbonyl (C=O) groups is 1. The summed E-state index contributed by atoms with van der Waals surface area (Å²) in [5.41, 5.74) is 0.359. The smallest absolute Gasteiger partial charge is 0.295 e. The third kappa shape index (κ3) is 6.70. The topological polar surface area (TPSA) is 75.9 Å². The second-order valence-electron chi connectivity index (χ2n) is 6.38. The zero-order valence-electron chi connectivity index (χ0n) is 12.6. The van der Waals surface area contributed by atoms with Gasteiger partial charge < -0.3 is 9.74 Å². The number of nitrogens with zero attached hydrogens (tertiary/aromatic N) is 3. The van der Waals surface area contributed by atoms with E-state index in [4.69, 9.17) is 0 Å². The van der Waals surface area contributed by atoms with Gasteiger partial charge in [-0.3, -0.25) is 9.69 Å². The Balaban J connectivity index is 2.19. The van der Waals surface area contributed by atoms with E-state index in [2.05, 4.69) is 30.5 Å². The van der Waals surface area contributed by atoms with Crippen LogP contribution in [0.4, 0.5) is 0 Å². The first-order chi connectivity index (χ1) is 9.28. The molecular formula is C13H25N3O4. The van der Waals surface area contributed by atoms with Gasteiger partial charge in [-0.05, 0) is 24.8 Å². The van der Waals surface area contributed by atoms with Crippen LogP contribution in [0.15, 0.2) is 0 Å². The molecule has 0 aliphatic carbocycles. The van der Waals surface area contributed by atoms with E-state index >= 15 is 0 Å². The predicted molar refractivity (Wildman–Crippen MR) is 74.7 cm³/mol. The SMILES string of the molecule is CC(C)(C)CCCN1CCN(C(=O)CO[N+](=O)[O-])CC1. The quantitative estimate of drug-likeness (QED) is 0.541. The first-order valence-corrected chi connectivity index (χ1v) is 7.05. The van der Waals surface area contributed by atoms with Crippen molar-refractivity contribution < 1.29 is 14.7 Å². The van der Waals surface area contributed by atoms with E-state index in [1.165, 1.54) is 6.42 Å². The Morgan fingerprint density at radius 1 is 1.25 bits per heavy atom. The van der Waals surface area contributed by atoms with Gasteiger partial charge in [-0.2, -0.15) is 0 Å². The van der Waals surface area contributed by atoms with Crippen LogP contribution >= 0.6 is 0 Å². The van der Waals surface area contributed by atoms with E-state index in [9.17, 15) is 14.9 Å². The molecule has 0 radical (unpaired) electrons. The number of piperazine rings is 1. The molecule has 0 spiro atoms. The van der Waals surface area contributed by atoms with Crippen molar-refractivity contribution in [3.8, 4) is 0 Å². The van der Waals surface area contributed by atoms with Crippen LogP contribution in [0.25, 0.3) is 0 Å². The molecule has 1 rings (SSSR count). The van der Waals surface area contributed by atoms with Gasteiger partial charge >= 0.3 is 0 Å². The molecule has 0 aromatic carbocycles. The highest BCUT2D eigenvalue weighted by atomic mass is 16.9. The van der Waals surface area contributed by atoms with Crippen LogP contribution in [0.3, 0.4) is 0 Å². The van der Waals surface area contributed by atoms with Crippen LogP contribution in [-0.2, 0) is 9.63 Å². The lowest BCUT2D eigenvalue weighted by Gasteiger charge is -2.35. The van der Waals surface area contributed by atoms with Crippen molar-refractivity contribution in [1.82, 2.24) is 9.80 Å². The zero-order valence-corrected chi connectivity index (χ0v) is 12.6. The minimum atomic E-state index is -0.930. The van der Waals surface area contributed by atoms with Gasteiger partial charge in [0.25, 0.3) is 5.09 Å². The number of hydrogen-bond acceptors (Lipinski definition) is 5. The summed E-state index contributed by atoms with van der Waals surface area (Å²) in [6.07, 6.45) is 2.34. The molecule has 0 N–H and O–H groups in total. The van der Waals surface area contributed by atoms with E-state index in [1.54, 1.807) is 4.90 Å². The zero-order chi connectivity index (χ0) is 15.2. The number of carbonyl (C=O) groups excluding carboxylic acids is 1. The van der Waals surface area contributed by atoms with Gasteiger partial charge in [-0.25, -0.2) is 0 Å². The molecule has 1 heterocycles. The Bertz CT molecular complexity index is 333. The highest BCUT2D eigenvalue weighted by molar-refractivity contribution is 5.77. The highest BCUT2D eigenvalue weighted by Crippen LogP contribution is 2.20. The maximum Gasteiger partial charge on any atom is 0.295 e. The molecular weight excluding hydrogens is 262 g/mol. The normalized spacial score (nSPS) is 17.1. The standard InChI is InChI=1S/C13H25N3O4/c1-13(2,3)5-4-6-14-7-9-15(10-8-14)12(17)11-20-16(18)19/h4-11H2,1-3H3. The fraction of sp³-hybridized carbons (Fsp3) is 0.923. The predicted octanol–water partition coefficient (Wildman–Crippen LogP) is 1.17. The summed E-state index contributed by atoms with van der Waals surface area (Å²) >= 11 is 0. The van der Waals surface area contributed by atoms with E-state index in [0.29, 0.717) is 18.5 Å². The largest absolute Gasteiger partial charge is 0.338 e. The Hall–Kier alpha value is -1.37. The lowest BCUT2D eigenvalue weighted by Crippen LogP contribution is -2.50. The first kappa shape index (κ1) is 16.7. The Labute approximate surface area is 120 Å². The van der Waals surface area contributed by atoms with E-state index in [0.717, 1.165) is 26.1 Å². The van der Waals surface area contributed by atoms with Gasteiger partial charge in [0.05, 0.1) is 0 Å². The summed E-state index contributed by atoms with van der Waals surface area (Å²) < 4.78 is 0. The van der Waals surface area contributed by atoms with Crippen molar-refractivity contribution in [2.75, 3.05) is 39.3 Å². The molecule has 0 aromatic heterocycles. The van der Waals surface area contributed by atoms with E-state index in [-0.39, 0.29) is 5.91 Å². The van der Waals surface area contributed by atoms with Crippen LogP contribution in [0.5, 0.6) is 0 Å². The van der Waals surface area contributed by atoms with Gasteiger partial charge in [0.1, 0.15) is 0 Å². The highest BCUT2D eigenvalue weighted by Gasteiger charge is 2.21. The molecule has 1 saturated heterocycles. The summed E-state index contributed by atoms with van der Waals surface area (Å²) in [4.78, 5) is 29.7. The lowest BCUT2D eigenvalue weighted by atomic mass is 9.90. The molecule has 1 aliphatic heterocycles. The molecule has 0 unspecified atom stereocenters. The van der Waals surface area contributed by atoms with Crippen molar-refractivity contribution in [2.24, 2.45) is 5.41 Å². The third-order valence-corrected chi connectivity index (χ3v) is 3.42. The van der Waals surface area contributed by atoms with E-state index < -0.39 is 11.7 Å². The molecule has 0 bridgehead atoms. The second kappa shape index (κ2) is 7.42. The summed E-state index contributed by atoms with van der Waals surface area (Å²) in [6.45, 7) is 10.2. The monoisotopic (exact) mass is 287 g/mol. The van der Waals surface area contributed by atoms with Crippen molar-refractivity contribution >= 4 is 5.91 Å². The molecule has 20 heavy (non-hydrogen) atoms. The van der Waals surface area contributed by atoms with E-state index in [1.807, 2.05) is 0 Å². The van der Waals surface area contributed by atoms with Gasteiger partial charge in [-0.1, -0.05) is 20.8 Å². The summed E-state index contributed by atoms with van der Waals surface area (Å²) in [7, 11) is 0. The summed E-state index contributed by atoms with van der Waals surface area (Å²) in [6, 6.07) is 0. The van der Waals surface area contributed by atoms with Gasteiger partial charge in [0.2, 0.25) is 5.91 Å². The summed E-state index contributed by atoms with van der Waals surface area (Å²) in [5, 5.41) is 9.11. The Kier molecular flexibility index (Phi) is 6.19. The molecule has 0 saturated carbocycles. The Morgan fingerprint density at radius 2 is 1.85 bits per heavy atom. The number of rotatable bonds is 6.